The minimum atomic E-state index is -1.05. The first kappa shape index (κ1) is 22.9. The summed E-state index contributed by atoms with van der Waals surface area (Å²) in [5.74, 6) is -2.12. The molecule has 2 atom stereocenters. The van der Waals surface area contributed by atoms with Gasteiger partial charge in [0, 0.05) is 18.2 Å². The smallest absolute Gasteiger partial charge is 0.331 e. The van der Waals surface area contributed by atoms with E-state index in [1.165, 1.54) is 42.5 Å². The van der Waals surface area contributed by atoms with Crippen LogP contribution in [0, 0.1) is 0 Å². The lowest BCUT2D eigenvalue weighted by Crippen LogP contribution is -2.15. The average molecular weight is 386 g/mol. The zero-order valence-corrected chi connectivity index (χ0v) is 15.9. The molecule has 0 aromatic carbocycles. The molecule has 1 aliphatic heterocycles. The number of ether oxygens (including phenoxy) is 2. The van der Waals surface area contributed by atoms with E-state index in [9.17, 15) is 14.4 Å². The molecule has 0 amide bonds. The average Bonchev–Trinajstić information content (AvgIpc) is 2.63. The highest BCUT2D eigenvalue weighted by Crippen LogP contribution is 2.08. The molecule has 1 aliphatic rings. The van der Waals surface area contributed by atoms with Crippen LogP contribution in [0.25, 0.3) is 0 Å². The largest absolute Gasteiger partial charge is 0.478 e. The van der Waals surface area contributed by atoms with Gasteiger partial charge in [-0.1, -0.05) is 42.5 Å². The third-order valence-electron chi connectivity index (χ3n) is 3.54. The monoisotopic (exact) mass is 386 g/mol. The number of hydrogen-bond donors (Lipinski definition) is 1. The molecule has 0 saturated heterocycles. The summed E-state index contributed by atoms with van der Waals surface area (Å²) in [5.41, 5.74) is 0. The molecule has 0 spiro atoms. The minimum absolute atomic E-state index is 0.171. The minimum Gasteiger partial charge on any atom is -0.478 e. The highest BCUT2D eigenvalue weighted by molar-refractivity contribution is 5.84. The van der Waals surface area contributed by atoms with Crippen molar-refractivity contribution in [1.29, 1.82) is 0 Å². The number of carbonyl (C=O) groups is 3. The Morgan fingerprint density at radius 2 is 1.86 bits per heavy atom. The van der Waals surface area contributed by atoms with Crippen LogP contribution in [-0.2, 0) is 23.9 Å². The molecule has 0 saturated carbocycles. The van der Waals surface area contributed by atoms with E-state index in [2.05, 4.69) is 6.08 Å². The standard InChI is InChI=1S/C22H26O6/c1-18-12-8-4-2-3-5-9-13-19(16-17-22(26)27-18)28-21(25)15-11-7-6-10-14-20(23)24/h2-3,6-7,9-11,13-19H,4-5,8,12H2,1H3,(H,23,24)/b3-2+,7-6+,13-9-,14-10+,15-11-,17-16+. The van der Waals surface area contributed by atoms with Crippen LogP contribution >= 0.6 is 0 Å². The van der Waals surface area contributed by atoms with Gasteiger partial charge in [0.25, 0.3) is 0 Å². The van der Waals surface area contributed by atoms with Crippen molar-refractivity contribution in [1.82, 2.24) is 0 Å². The second-order valence-electron chi connectivity index (χ2n) is 6.02. The van der Waals surface area contributed by atoms with E-state index in [1.807, 2.05) is 19.1 Å². The fourth-order valence-corrected chi connectivity index (χ4v) is 2.21. The van der Waals surface area contributed by atoms with Crippen LogP contribution in [0.5, 0.6) is 0 Å². The number of esters is 2. The van der Waals surface area contributed by atoms with E-state index in [-0.39, 0.29) is 6.10 Å². The van der Waals surface area contributed by atoms with Crippen molar-refractivity contribution in [3.05, 3.63) is 72.9 Å². The molecular formula is C22H26O6. The van der Waals surface area contributed by atoms with Crippen LogP contribution in [0.4, 0.5) is 0 Å². The number of rotatable bonds is 5. The van der Waals surface area contributed by atoms with Gasteiger partial charge in [0.1, 0.15) is 6.10 Å². The van der Waals surface area contributed by atoms with Gasteiger partial charge < -0.3 is 14.6 Å². The third kappa shape index (κ3) is 12.2. The molecule has 28 heavy (non-hydrogen) atoms. The molecule has 6 nitrogen and oxygen atoms in total. The lowest BCUT2D eigenvalue weighted by molar-refractivity contribution is -0.143. The van der Waals surface area contributed by atoms with Crippen molar-refractivity contribution in [3.8, 4) is 0 Å². The summed E-state index contributed by atoms with van der Waals surface area (Å²) >= 11 is 0. The van der Waals surface area contributed by atoms with Gasteiger partial charge in [0.2, 0.25) is 0 Å². The first-order valence-electron chi connectivity index (χ1n) is 9.13. The Morgan fingerprint density at radius 3 is 2.61 bits per heavy atom. The summed E-state index contributed by atoms with van der Waals surface area (Å²) in [6.45, 7) is 1.85. The number of allylic oxidation sites excluding steroid dienone is 7. The Labute approximate surface area is 165 Å². The van der Waals surface area contributed by atoms with Crippen LogP contribution in [0.15, 0.2) is 72.9 Å². The summed E-state index contributed by atoms with van der Waals surface area (Å²) in [6, 6.07) is 0. The van der Waals surface area contributed by atoms with E-state index < -0.39 is 24.0 Å². The Bertz CT molecular complexity index is 694. The van der Waals surface area contributed by atoms with Gasteiger partial charge in [0.15, 0.2) is 0 Å². The summed E-state index contributed by atoms with van der Waals surface area (Å²) in [5, 5.41) is 8.45. The highest BCUT2D eigenvalue weighted by Gasteiger charge is 2.09. The molecule has 1 rings (SSSR count). The highest BCUT2D eigenvalue weighted by atomic mass is 16.5. The molecule has 0 bridgehead atoms. The van der Waals surface area contributed by atoms with Crippen LogP contribution in [0.2, 0.25) is 0 Å². The normalized spacial score (nSPS) is 25.2. The van der Waals surface area contributed by atoms with E-state index in [1.54, 1.807) is 6.08 Å². The lowest BCUT2D eigenvalue weighted by Gasteiger charge is -2.12. The molecule has 0 aromatic heterocycles. The number of hydrogen-bond acceptors (Lipinski definition) is 5. The number of aliphatic carboxylic acids is 1. The van der Waals surface area contributed by atoms with Crippen LogP contribution in [-0.4, -0.2) is 35.2 Å². The molecule has 2 unspecified atom stereocenters. The molecule has 0 aromatic rings. The molecule has 0 fully saturated rings. The Hall–Kier alpha value is -3.15. The Kier molecular flexibility index (Phi) is 11.4. The zero-order valence-electron chi connectivity index (χ0n) is 15.9. The summed E-state index contributed by atoms with van der Waals surface area (Å²) in [4.78, 5) is 34.1. The fraction of sp³-hybridized carbons (Fsp3) is 0.318. The van der Waals surface area contributed by atoms with Crippen molar-refractivity contribution >= 4 is 17.9 Å². The zero-order chi connectivity index (χ0) is 20.6. The van der Waals surface area contributed by atoms with Crippen molar-refractivity contribution in [2.45, 2.75) is 44.8 Å². The first-order valence-corrected chi connectivity index (χ1v) is 9.13. The fourth-order valence-electron chi connectivity index (χ4n) is 2.21. The van der Waals surface area contributed by atoms with E-state index in [4.69, 9.17) is 14.6 Å². The van der Waals surface area contributed by atoms with Gasteiger partial charge in [-0.25, -0.2) is 14.4 Å². The molecule has 150 valence electrons. The Morgan fingerprint density at radius 1 is 1.11 bits per heavy atom. The number of carboxylic acids is 1. The van der Waals surface area contributed by atoms with Crippen molar-refractivity contribution < 1.29 is 29.0 Å². The van der Waals surface area contributed by atoms with E-state index >= 15 is 0 Å². The molecular weight excluding hydrogens is 360 g/mol. The maximum Gasteiger partial charge on any atom is 0.331 e. The second kappa shape index (κ2) is 14.0. The van der Waals surface area contributed by atoms with Crippen LogP contribution < -0.4 is 0 Å². The van der Waals surface area contributed by atoms with Gasteiger partial charge in [-0.2, -0.15) is 0 Å². The molecule has 1 N–H and O–H groups in total. The van der Waals surface area contributed by atoms with Gasteiger partial charge in [-0.3, -0.25) is 0 Å². The summed E-state index contributed by atoms with van der Waals surface area (Å²) in [6.07, 6.45) is 20.8. The predicted molar refractivity (Wildman–Crippen MR) is 106 cm³/mol. The topological polar surface area (TPSA) is 89.9 Å². The summed E-state index contributed by atoms with van der Waals surface area (Å²) < 4.78 is 10.6. The maximum atomic E-state index is 11.9. The van der Waals surface area contributed by atoms with Crippen molar-refractivity contribution in [2.24, 2.45) is 0 Å². The SMILES string of the molecule is CC1CCC/C=C/C/C=C\C(OC(=O)\C=C/C=C/C=C/C(=O)O)/C=C/C(=O)O1. The number of cyclic esters (lactones) is 1. The second-order valence-corrected chi connectivity index (χ2v) is 6.02. The lowest BCUT2D eigenvalue weighted by atomic mass is 10.1. The van der Waals surface area contributed by atoms with Crippen LogP contribution in [0.1, 0.15) is 32.6 Å². The third-order valence-corrected chi connectivity index (χ3v) is 3.54. The van der Waals surface area contributed by atoms with Crippen molar-refractivity contribution in [2.75, 3.05) is 0 Å². The molecule has 0 radical (unpaired) electrons. The number of carboxylic acid groups (broad SMARTS) is 1. The molecule has 6 heteroatoms. The maximum absolute atomic E-state index is 11.9. The van der Waals surface area contributed by atoms with Gasteiger partial charge in [-0.15, -0.1) is 0 Å². The van der Waals surface area contributed by atoms with E-state index in [0.717, 1.165) is 25.3 Å². The summed E-state index contributed by atoms with van der Waals surface area (Å²) in [7, 11) is 0. The van der Waals surface area contributed by atoms with Gasteiger partial charge >= 0.3 is 17.9 Å². The van der Waals surface area contributed by atoms with Gasteiger partial charge in [-0.05, 0) is 44.8 Å². The predicted octanol–water partition coefficient (Wildman–Crippen LogP) is 3.83. The molecule has 0 aliphatic carbocycles. The van der Waals surface area contributed by atoms with E-state index in [0.29, 0.717) is 6.42 Å². The van der Waals surface area contributed by atoms with Gasteiger partial charge in [0.05, 0.1) is 6.10 Å². The molecule has 1 heterocycles. The quantitative estimate of drug-likeness (QED) is 0.334. The first-order chi connectivity index (χ1) is 13.5. The number of carbonyl (C=O) groups excluding carboxylic acids is 2. The Balaban J connectivity index is 2.69. The van der Waals surface area contributed by atoms with Crippen LogP contribution in [0.3, 0.4) is 0 Å². The van der Waals surface area contributed by atoms with Crippen molar-refractivity contribution in [3.63, 3.8) is 0 Å².